The molecular formula is C20H25F2N5O2. The average Bonchev–Trinajstić information content (AvgIpc) is 3.01. The van der Waals surface area contributed by atoms with Gasteiger partial charge in [-0.15, -0.1) is 0 Å². The monoisotopic (exact) mass is 405 g/mol. The highest BCUT2D eigenvalue weighted by atomic mass is 19.2. The molecule has 0 aliphatic carbocycles. The van der Waals surface area contributed by atoms with Crippen molar-refractivity contribution in [1.29, 1.82) is 0 Å². The number of fused-ring (bicyclic) bond motifs is 1. The minimum Gasteiger partial charge on any atom is -0.368 e. The number of rotatable bonds is 5. The summed E-state index contributed by atoms with van der Waals surface area (Å²) in [5, 5.41) is 7.05. The lowest BCUT2D eigenvalue weighted by molar-refractivity contribution is -0.120. The number of carbonyl (C=O) groups excluding carboxylic acids is 2. The Labute approximate surface area is 167 Å². The lowest BCUT2D eigenvalue weighted by Gasteiger charge is -2.24. The topological polar surface area (TPSA) is 93.2 Å². The van der Waals surface area contributed by atoms with Gasteiger partial charge in [0, 0.05) is 30.6 Å². The fourth-order valence-electron chi connectivity index (χ4n) is 3.53. The standard InChI is InChI=1S/C20H25F2N5O2/c1-11(2)8-16(19(23)28)24-20(29)27-17-6-7-26(3)10-13(17)18(25-27)12-4-5-14(21)15(22)9-12/h4-5,9,11,16H,6-8,10H2,1-3H3,(H2,23,28)(H,24,29)/t16-/m0/s1. The van der Waals surface area contributed by atoms with E-state index in [4.69, 9.17) is 5.73 Å². The number of nitrogens with zero attached hydrogens (tertiary/aromatic N) is 3. The van der Waals surface area contributed by atoms with Crippen molar-refractivity contribution in [3.8, 4) is 11.3 Å². The third-order valence-electron chi connectivity index (χ3n) is 4.98. The molecule has 1 aliphatic rings. The minimum absolute atomic E-state index is 0.158. The van der Waals surface area contributed by atoms with Crippen LogP contribution in [-0.2, 0) is 17.8 Å². The Morgan fingerprint density at radius 1 is 1.28 bits per heavy atom. The van der Waals surface area contributed by atoms with Crippen LogP contribution < -0.4 is 11.1 Å². The van der Waals surface area contributed by atoms with Crippen LogP contribution in [-0.4, -0.2) is 46.3 Å². The first-order chi connectivity index (χ1) is 13.7. The quantitative estimate of drug-likeness (QED) is 0.798. The van der Waals surface area contributed by atoms with Crippen LogP contribution in [0.2, 0.25) is 0 Å². The number of amides is 2. The molecule has 2 heterocycles. The van der Waals surface area contributed by atoms with E-state index in [0.717, 1.165) is 17.7 Å². The Balaban J connectivity index is 2.00. The van der Waals surface area contributed by atoms with Gasteiger partial charge < -0.3 is 16.0 Å². The van der Waals surface area contributed by atoms with E-state index in [1.165, 1.54) is 10.7 Å². The van der Waals surface area contributed by atoms with Crippen LogP contribution in [0.25, 0.3) is 11.3 Å². The number of nitrogens with one attached hydrogen (secondary N) is 1. The third-order valence-corrected chi connectivity index (χ3v) is 4.98. The van der Waals surface area contributed by atoms with E-state index in [0.29, 0.717) is 42.9 Å². The zero-order valence-corrected chi connectivity index (χ0v) is 16.7. The number of likely N-dealkylation sites (N-methyl/N-ethyl adjacent to an activating group) is 1. The minimum atomic E-state index is -0.981. The molecule has 0 saturated heterocycles. The molecule has 0 saturated carbocycles. The van der Waals surface area contributed by atoms with Gasteiger partial charge in [0.2, 0.25) is 5.91 Å². The molecule has 1 aromatic carbocycles. The SMILES string of the molecule is CC(C)C[C@H](NC(=O)n1nc(-c2ccc(F)c(F)c2)c2c1CCN(C)C2)C(N)=O. The normalized spacial score (nSPS) is 15.2. The predicted octanol–water partition coefficient (Wildman–Crippen LogP) is 2.27. The lowest BCUT2D eigenvalue weighted by Crippen LogP contribution is -2.47. The summed E-state index contributed by atoms with van der Waals surface area (Å²) in [6.45, 7) is 5.08. The maximum absolute atomic E-state index is 13.8. The van der Waals surface area contributed by atoms with Crippen LogP contribution in [0.4, 0.5) is 13.6 Å². The van der Waals surface area contributed by atoms with Crippen LogP contribution >= 0.6 is 0 Å². The molecule has 0 bridgehead atoms. The smallest absolute Gasteiger partial charge is 0.342 e. The molecule has 2 amide bonds. The van der Waals surface area contributed by atoms with E-state index in [-0.39, 0.29) is 5.92 Å². The zero-order valence-electron chi connectivity index (χ0n) is 16.7. The summed E-state index contributed by atoms with van der Waals surface area (Å²) in [6.07, 6.45) is 0.963. The van der Waals surface area contributed by atoms with Gasteiger partial charge in [0.15, 0.2) is 11.6 Å². The fraction of sp³-hybridized carbons (Fsp3) is 0.450. The Hall–Kier alpha value is -2.81. The number of nitrogens with two attached hydrogens (primary N) is 1. The molecule has 3 N–H and O–H groups in total. The van der Waals surface area contributed by atoms with Crippen LogP contribution in [0, 0.1) is 17.6 Å². The fourth-order valence-corrected chi connectivity index (χ4v) is 3.53. The molecule has 1 aromatic heterocycles. The summed E-state index contributed by atoms with van der Waals surface area (Å²) in [5.41, 5.74) is 7.69. The van der Waals surface area contributed by atoms with Crippen LogP contribution in [0.3, 0.4) is 0 Å². The first-order valence-corrected chi connectivity index (χ1v) is 9.52. The molecule has 156 valence electrons. The van der Waals surface area contributed by atoms with Crippen molar-refractivity contribution >= 4 is 11.9 Å². The number of benzene rings is 1. The van der Waals surface area contributed by atoms with Crippen molar-refractivity contribution in [3.63, 3.8) is 0 Å². The molecule has 0 fully saturated rings. The highest BCUT2D eigenvalue weighted by Gasteiger charge is 2.29. The van der Waals surface area contributed by atoms with Gasteiger partial charge in [-0.25, -0.2) is 13.6 Å². The average molecular weight is 405 g/mol. The Morgan fingerprint density at radius 2 is 2.00 bits per heavy atom. The van der Waals surface area contributed by atoms with Crippen molar-refractivity contribution < 1.29 is 18.4 Å². The van der Waals surface area contributed by atoms with E-state index in [2.05, 4.69) is 15.3 Å². The van der Waals surface area contributed by atoms with E-state index in [9.17, 15) is 18.4 Å². The second kappa shape index (κ2) is 8.28. The summed E-state index contributed by atoms with van der Waals surface area (Å²) in [6, 6.07) is 2.15. The third kappa shape index (κ3) is 4.45. The molecule has 9 heteroatoms. The number of primary amides is 1. The molecular weight excluding hydrogens is 380 g/mol. The number of carbonyl (C=O) groups is 2. The van der Waals surface area contributed by atoms with Gasteiger partial charge in [-0.3, -0.25) is 4.79 Å². The van der Waals surface area contributed by atoms with Gasteiger partial charge >= 0.3 is 6.03 Å². The molecule has 7 nitrogen and oxygen atoms in total. The first-order valence-electron chi connectivity index (χ1n) is 9.52. The summed E-state index contributed by atoms with van der Waals surface area (Å²) >= 11 is 0. The molecule has 1 aliphatic heterocycles. The molecule has 29 heavy (non-hydrogen) atoms. The van der Waals surface area contributed by atoms with Crippen molar-refractivity contribution in [2.45, 2.75) is 39.3 Å². The van der Waals surface area contributed by atoms with Gasteiger partial charge in [-0.05, 0) is 37.6 Å². The molecule has 1 atom stereocenters. The van der Waals surface area contributed by atoms with Crippen molar-refractivity contribution in [2.75, 3.05) is 13.6 Å². The van der Waals surface area contributed by atoms with Crippen LogP contribution in [0.15, 0.2) is 18.2 Å². The van der Waals surface area contributed by atoms with E-state index in [1.54, 1.807) is 0 Å². The molecule has 0 spiro atoms. The van der Waals surface area contributed by atoms with E-state index >= 15 is 0 Å². The Morgan fingerprint density at radius 3 is 2.62 bits per heavy atom. The molecule has 0 radical (unpaired) electrons. The van der Waals surface area contributed by atoms with Gasteiger partial charge in [0.1, 0.15) is 6.04 Å². The van der Waals surface area contributed by atoms with Gasteiger partial charge in [-0.2, -0.15) is 9.78 Å². The van der Waals surface area contributed by atoms with Crippen molar-refractivity contribution in [2.24, 2.45) is 11.7 Å². The van der Waals surface area contributed by atoms with Gasteiger partial charge in [0.25, 0.3) is 0 Å². The maximum Gasteiger partial charge on any atom is 0.342 e. The van der Waals surface area contributed by atoms with Crippen molar-refractivity contribution in [1.82, 2.24) is 20.0 Å². The Kier molecular flexibility index (Phi) is 5.97. The number of hydrogen-bond donors (Lipinski definition) is 2. The summed E-state index contributed by atoms with van der Waals surface area (Å²) in [7, 11) is 1.93. The zero-order chi connectivity index (χ0) is 21.3. The lowest BCUT2D eigenvalue weighted by atomic mass is 10.0. The predicted molar refractivity (Wildman–Crippen MR) is 104 cm³/mol. The van der Waals surface area contributed by atoms with Crippen molar-refractivity contribution in [3.05, 3.63) is 41.1 Å². The van der Waals surface area contributed by atoms with Gasteiger partial charge in [0.05, 0.1) is 11.4 Å². The summed E-state index contributed by atoms with van der Waals surface area (Å²) < 4.78 is 28.3. The van der Waals surface area contributed by atoms with Crippen LogP contribution in [0.5, 0.6) is 0 Å². The summed E-state index contributed by atoms with van der Waals surface area (Å²) in [4.78, 5) is 26.7. The largest absolute Gasteiger partial charge is 0.368 e. The first kappa shape index (κ1) is 20.9. The van der Waals surface area contributed by atoms with E-state index < -0.39 is 29.6 Å². The van der Waals surface area contributed by atoms with Gasteiger partial charge in [-0.1, -0.05) is 13.8 Å². The second-order valence-corrected chi connectivity index (χ2v) is 7.84. The number of aromatic nitrogens is 2. The molecule has 3 rings (SSSR count). The summed E-state index contributed by atoms with van der Waals surface area (Å²) in [5.74, 6) is -2.39. The second-order valence-electron chi connectivity index (χ2n) is 7.84. The van der Waals surface area contributed by atoms with E-state index in [1.807, 2.05) is 20.9 Å². The number of halogens is 2. The molecule has 0 unspecified atom stereocenters. The maximum atomic E-state index is 13.8. The Bertz CT molecular complexity index is 941. The molecule has 2 aromatic rings. The highest BCUT2D eigenvalue weighted by Crippen LogP contribution is 2.30. The number of hydrogen-bond acceptors (Lipinski definition) is 4. The van der Waals surface area contributed by atoms with Crippen LogP contribution in [0.1, 0.15) is 31.5 Å². The highest BCUT2D eigenvalue weighted by molar-refractivity contribution is 5.87.